The minimum Gasteiger partial charge on any atom is -0.377 e. The average molecular weight is 369 g/mol. The summed E-state index contributed by atoms with van der Waals surface area (Å²) in [6.45, 7) is 1.73. The summed E-state index contributed by atoms with van der Waals surface area (Å²) in [5.41, 5.74) is 1.42. The molecule has 1 fully saturated rings. The third-order valence-electron chi connectivity index (χ3n) is 4.52. The van der Waals surface area contributed by atoms with E-state index >= 15 is 0 Å². The number of anilines is 1. The Morgan fingerprint density at radius 3 is 2.76 bits per heavy atom. The number of amides is 2. The molecule has 138 valence electrons. The van der Waals surface area contributed by atoms with Gasteiger partial charge in [-0.05, 0) is 11.6 Å². The van der Waals surface area contributed by atoms with Gasteiger partial charge in [0.2, 0.25) is 10.0 Å². The Morgan fingerprint density at radius 2 is 2.04 bits per heavy atom. The molecule has 0 aromatic heterocycles. The van der Waals surface area contributed by atoms with Crippen molar-refractivity contribution < 1.29 is 22.7 Å². The first kappa shape index (κ1) is 18.0. The van der Waals surface area contributed by atoms with Crippen LogP contribution < -0.4 is 9.62 Å². The second-order valence-electron chi connectivity index (χ2n) is 6.25. The zero-order valence-electron chi connectivity index (χ0n) is 14.3. The molecule has 25 heavy (non-hydrogen) atoms. The van der Waals surface area contributed by atoms with Crippen molar-refractivity contribution in [3.8, 4) is 0 Å². The molecule has 1 N–H and O–H groups in total. The number of carbonyl (C=O) groups excluding carboxylic acids is 1. The molecule has 1 aromatic rings. The van der Waals surface area contributed by atoms with Crippen LogP contribution in [0, 0.1) is 0 Å². The number of benzene rings is 1. The lowest BCUT2D eigenvalue weighted by Gasteiger charge is -2.25. The number of ether oxygens (including phenoxy) is 2. The van der Waals surface area contributed by atoms with Gasteiger partial charge in [0.25, 0.3) is 0 Å². The number of urea groups is 1. The molecule has 2 atom stereocenters. The fraction of sp³-hybridized carbons (Fsp3) is 0.562. The van der Waals surface area contributed by atoms with Crippen LogP contribution in [0.3, 0.4) is 0 Å². The lowest BCUT2D eigenvalue weighted by atomic mass is 10.1. The predicted molar refractivity (Wildman–Crippen MR) is 93.0 cm³/mol. The first-order chi connectivity index (χ1) is 11.9. The van der Waals surface area contributed by atoms with Crippen LogP contribution in [0.25, 0.3) is 0 Å². The minimum atomic E-state index is -3.41. The molecule has 8 nitrogen and oxygen atoms in total. The number of sulfonamides is 1. The maximum Gasteiger partial charge on any atom is 0.318 e. The van der Waals surface area contributed by atoms with E-state index in [1.165, 1.54) is 10.6 Å². The summed E-state index contributed by atoms with van der Waals surface area (Å²) in [7, 11) is -1.82. The molecule has 9 heteroatoms. The number of fused-ring (bicyclic) bond motifs is 1. The van der Waals surface area contributed by atoms with Gasteiger partial charge in [0.05, 0.1) is 37.7 Å². The largest absolute Gasteiger partial charge is 0.377 e. The molecule has 2 heterocycles. The molecule has 1 saturated heterocycles. The number of methoxy groups -OCH3 is 1. The van der Waals surface area contributed by atoms with E-state index in [4.69, 9.17) is 9.47 Å². The summed E-state index contributed by atoms with van der Waals surface area (Å²) in [4.78, 5) is 14.3. The number of nitrogens with zero attached hydrogens (tertiary/aromatic N) is 2. The molecule has 0 spiro atoms. The molecular formula is C16H23N3O5S. The fourth-order valence-electron chi connectivity index (χ4n) is 3.17. The predicted octanol–water partition coefficient (Wildman–Crippen LogP) is 0.392. The first-order valence-electron chi connectivity index (χ1n) is 8.11. The Kier molecular flexibility index (Phi) is 5.16. The van der Waals surface area contributed by atoms with Gasteiger partial charge in [-0.15, -0.1) is 0 Å². The van der Waals surface area contributed by atoms with Gasteiger partial charge >= 0.3 is 6.03 Å². The van der Waals surface area contributed by atoms with Crippen LogP contribution in [0.4, 0.5) is 10.5 Å². The molecular weight excluding hydrogens is 346 g/mol. The molecule has 0 unspecified atom stereocenters. The number of hydrogen-bond acceptors (Lipinski definition) is 5. The van der Waals surface area contributed by atoms with Gasteiger partial charge in [-0.2, -0.15) is 0 Å². The second-order valence-corrected chi connectivity index (χ2v) is 8.16. The smallest absolute Gasteiger partial charge is 0.318 e. The van der Waals surface area contributed by atoms with Gasteiger partial charge in [0.1, 0.15) is 6.10 Å². The van der Waals surface area contributed by atoms with Crippen molar-refractivity contribution in [1.82, 2.24) is 10.2 Å². The van der Waals surface area contributed by atoms with Crippen molar-refractivity contribution in [1.29, 1.82) is 0 Å². The zero-order valence-corrected chi connectivity index (χ0v) is 15.2. The van der Waals surface area contributed by atoms with Crippen molar-refractivity contribution in [2.24, 2.45) is 0 Å². The summed E-state index contributed by atoms with van der Waals surface area (Å²) in [5.74, 6) is 0. The Labute approximate surface area is 147 Å². The normalized spacial score (nSPS) is 23.9. The van der Waals surface area contributed by atoms with Crippen LogP contribution in [-0.4, -0.2) is 71.2 Å². The average Bonchev–Trinajstić information content (AvgIpc) is 2.90. The molecule has 2 aliphatic rings. The third-order valence-corrected chi connectivity index (χ3v) is 5.70. The Bertz CT molecular complexity index is 739. The van der Waals surface area contributed by atoms with E-state index in [-0.39, 0.29) is 24.7 Å². The maximum absolute atomic E-state index is 12.7. The Morgan fingerprint density at radius 1 is 1.28 bits per heavy atom. The molecule has 2 amide bonds. The van der Waals surface area contributed by atoms with Crippen LogP contribution in [0.2, 0.25) is 0 Å². The van der Waals surface area contributed by atoms with Gasteiger partial charge in [0, 0.05) is 20.2 Å². The van der Waals surface area contributed by atoms with Crippen molar-refractivity contribution in [3.63, 3.8) is 0 Å². The molecule has 2 aliphatic heterocycles. The van der Waals surface area contributed by atoms with E-state index in [1.54, 1.807) is 24.1 Å². The summed E-state index contributed by atoms with van der Waals surface area (Å²) < 4.78 is 36.2. The summed E-state index contributed by atoms with van der Waals surface area (Å²) >= 11 is 0. The molecule has 0 radical (unpaired) electrons. The highest BCUT2D eigenvalue weighted by Crippen LogP contribution is 2.27. The van der Waals surface area contributed by atoms with Crippen LogP contribution in [0.5, 0.6) is 0 Å². The number of para-hydroxylation sites is 1. The highest BCUT2D eigenvalue weighted by atomic mass is 32.2. The van der Waals surface area contributed by atoms with Gasteiger partial charge in [0.15, 0.2) is 0 Å². The van der Waals surface area contributed by atoms with Gasteiger partial charge in [-0.3, -0.25) is 4.31 Å². The van der Waals surface area contributed by atoms with Crippen LogP contribution >= 0.6 is 0 Å². The summed E-state index contributed by atoms with van der Waals surface area (Å²) in [5, 5.41) is 2.93. The fourth-order valence-corrected chi connectivity index (χ4v) is 4.12. The van der Waals surface area contributed by atoms with Crippen molar-refractivity contribution in [2.75, 3.05) is 44.0 Å². The maximum atomic E-state index is 12.7. The van der Waals surface area contributed by atoms with Crippen molar-refractivity contribution in [2.45, 2.75) is 18.7 Å². The van der Waals surface area contributed by atoms with E-state index in [0.717, 1.165) is 5.56 Å². The third kappa shape index (κ3) is 3.88. The van der Waals surface area contributed by atoms with E-state index in [1.807, 2.05) is 12.1 Å². The topological polar surface area (TPSA) is 88.2 Å². The number of nitrogens with one attached hydrogen (secondary N) is 1. The minimum absolute atomic E-state index is 0.171. The van der Waals surface area contributed by atoms with Gasteiger partial charge in [-0.1, -0.05) is 18.2 Å². The van der Waals surface area contributed by atoms with E-state index in [9.17, 15) is 13.2 Å². The molecule has 0 bridgehead atoms. The molecule has 0 aliphatic carbocycles. The monoisotopic (exact) mass is 369 g/mol. The molecule has 1 aromatic carbocycles. The standard InChI is InChI=1S/C16H23N3O5S/c1-23-15-11-24-10-13(15)17-16(20)18-7-8-19(25(2,21)22)14-6-4-3-5-12(14)9-18/h3-6,13,15H,7-11H2,1-2H3,(H,17,20)/t13-,15+/m0/s1. The number of hydrogen-bond donors (Lipinski definition) is 1. The Hall–Kier alpha value is -1.84. The molecule has 0 saturated carbocycles. The number of rotatable bonds is 3. The van der Waals surface area contributed by atoms with Crippen LogP contribution in [0.1, 0.15) is 5.56 Å². The van der Waals surface area contributed by atoms with E-state index in [2.05, 4.69) is 5.32 Å². The number of carbonyl (C=O) groups is 1. The lowest BCUT2D eigenvalue weighted by Crippen LogP contribution is -2.50. The highest BCUT2D eigenvalue weighted by molar-refractivity contribution is 7.92. The Balaban J connectivity index is 1.78. The lowest BCUT2D eigenvalue weighted by molar-refractivity contribution is 0.0734. The van der Waals surface area contributed by atoms with E-state index < -0.39 is 10.0 Å². The quantitative estimate of drug-likeness (QED) is 0.833. The van der Waals surface area contributed by atoms with Crippen LogP contribution in [0.15, 0.2) is 24.3 Å². The van der Waals surface area contributed by atoms with E-state index in [0.29, 0.717) is 32.0 Å². The SMILES string of the molecule is CO[C@@H]1COC[C@@H]1NC(=O)N1CCN(S(C)(=O)=O)c2ccccc2C1. The summed E-state index contributed by atoms with van der Waals surface area (Å²) in [6.07, 6.45) is 1.01. The summed E-state index contributed by atoms with van der Waals surface area (Å²) in [6, 6.07) is 6.79. The van der Waals surface area contributed by atoms with Crippen LogP contribution in [-0.2, 0) is 26.0 Å². The van der Waals surface area contributed by atoms with Gasteiger partial charge in [-0.25, -0.2) is 13.2 Å². The first-order valence-corrected chi connectivity index (χ1v) is 9.96. The second kappa shape index (κ2) is 7.19. The molecule has 3 rings (SSSR count). The van der Waals surface area contributed by atoms with Crippen molar-refractivity contribution >= 4 is 21.7 Å². The van der Waals surface area contributed by atoms with Gasteiger partial charge < -0.3 is 19.7 Å². The zero-order chi connectivity index (χ0) is 18.0. The highest BCUT2D eigenvalue weighted by Gasteiger charge is 2.32. The van der Waals surface area contributed by atoms with Crippen molar-refractivity contribution in [3.05, 3.63) is 29.8 Å².